The van der Waals surface area contributed by atoms with Crippen molar-refractivity contribution in [1.82, 2.24) is 14.7 Å². The quantitative estimate of drug-likeness (QED) is 0.251. The molecule has 0 radical (unpaired) electrons. The van der Waals surface area contributed by atoms with Crippen molar-refractivity contribution in [3.8, 4) is 18.1 Å². The summed E-state index contributed by atoms with van der Waals surface area (Å²) in [4.78, 5) is 20.0. The van der Waals surface area contributed by atoms with E-state index in [0.717, 1.165) is 12.6 Å². The van der Waals surface area contributed by atoms with E-state index in [9.17, 15) is 17.6 Å². The second kappa shape index (κ2) is 13.9. The van der Waals surface area contributed by atoms with Gasteiger partial charge in [-0.25, -0.2) is 22.5 Å². The predicted molar refractivity (Wildman–Crippen MR) is 143 cm³/mol. The van der Waals surface area contributed by atoms with E-state index in [1.165, 1.54) is 6.07 Å². The summed E-state index contributed by atoms with van der Waals surface area (Å²) >= 11 is 0. The Hall–Kier alpha value is -3.17. The van der Waals surface area contributed by atoms with E-state index < -0.39 is 21.7 Å². The van der Waals surface area contributed by atoms with Crippen molar-refractivity contribution in [2.45, 2.75) is 38.0 Å². The zero-order valence-corrected chi connectivity index (χ0v) is 20.7. The third kappa shape index (κ3) is 8.72. The molecule has 0 aliphatic rings. The topological polar surface area (TPSA) is 122 Å². The van der Waals surface area contributed by atoms with E-state index in [-0.39, 0.29) is 59.2 Å². The Kier molecular flexibility index (Phi) is 11.3. The first kappa shape index (κ1) is 30.1. The Balaban J connectivity index is 0.00000481. The number of hydrogen-bond donors (Lipinski definition) is 3. The molecule has 0 bridgehead atoms. The summed E-state index contributed by atoms with van der Waals surface area (Å²) < 4.78 is 47.2. The molecule has 1 amide bonds. The van der Waals surface area contributed by atoms with Gasteiger partial charge in [0.2, 0.25) is 11.9 Å². The Morgan fingerprint density at radius 2 is 1.84 bits per heavy atom. The minimum atomic E-state index is -4.07. The first-order chi connectivity index (χ1) is 17.2. The van der Waals surface area contributed by atoms with Crippen molar-refractivity contribution in [3.63, 3.8) is 0 Å². The second-order valence-corrected chi connectivity index (χ2v) is 9.42. The number of carbonyl (C=O) groups is 1. The van der Waals surface area contributed by atoms with Crippen molar-refractivity contribution in [2.24, 2.45) is 0 Å². The van der Waals surface area contributed by atoms with E-state index in [0.29, 0.717) is 29.1 Å². The van der Waals surface area contributed by atoms with Crippen molar-refractivity contribution < 1.29 is 22.3 Å². The summed E-state index contributed by atoms with van der Waals surface area (Å²) in [6, 6.07) is 11.3. The van der Waals surface area contributed by atoms with Crippen LogP contribution in [0.1, 0.15) is 31.7 Å². The summed E-state index contributed by atoms with van der Waals surface area (Å²) in [6.45, 7) is 3.66. The molecule has 3 N–H and O–H groups in total. The average Bonchev–Trinajstić information content (AvgIpc) is 2.85. The van der Waals surface area contributed by atoms with Gasteiger partial charge < -0.3 is 15.4 Å². The van der Waals surface area contributed by atoms with Gasteiger partial charge >= 0.3 is 29.6 Å². The van der Waals surface area contributed by atoms with Gasteiger partial charge in [-0.1, -0.05) is 25.3 Å². The number of hydrogen-bond acceptors (Lipinski definition) is 8. The molecule has 1 aromatic heterocycles. The number of ether oxygens (including phenoxy) is 1. The van der Waals surface area contributed by atoms with Crippen molar-refractivity contribution >= 4 is 68.6 Å². The van der Waals surface area contributed by atoms with Gasteiger partial charge in [0, 0.05) is 17.8 Å². The third-order valence-electron chi connectivity index (χ3n) is 4.92. The molecule has 0 unspecified atom stereocenters. The number of terminal acetylenes is 1. The fraction of sp³-hybridized carbons (Fsp3) is 0.240. The van der Waals surface area contributed by atoms with E-state index in [1.807, 2.05) is 6.92 Å². The van der Waals surface area contributed by atoms with Crippen LogP contribution in [-0.4, -0.2) is 60.5 Å². The van der Waals surface area contributed by atoms with Crippen molar-refractivity contribution in [3.05, 3.63) is 60.0 Å². The van der Waals surface area contributed by atoms with Gasteiger partial charge in [-0.2, -0.15) is 4.98 Å². The van der Waals surface area contributed by atoms with Crippen LogP contribution in [0.2, 0.25) is 0 Å². The van der Waals surface area contributed by atoms with Crippen LogP contribution in [0.5, 0.6) is 5.75 Å². The molecule has 12 heteroatoms. The molecule has 0 saturated heterocycles. The molecule has 0 fully saturated rings. The summed E-state index contributed by atoms with van der Waals surface area (Å²) in [7, 11) is -4.07. The van der Waals surface area contributed by atoms with Crippen LogP contribution in [0.3, 0.4) is 0 Å². The minimum absolute atomic E-state index is 0. The fourth-order valence-corrected chi connectivity index (χ4v) is 4.39. The van der Waals surface area contributed by atoms with Crippen molar-refractivity contribution in [2.75, 3.05) is 17.2 Å². The number of unbranched alkanes of at least 4 members (excludes halogenated alkanes) is 1. The van der Waals surface area contributed by atoms with Gasteiger partial charge in [-0.3, -0.25) is 4.79 Å². The number of anilines is 4. The molecule has 9 nitrogen and oxygen atoms in total. The molecular formula is C25H27FN5NaO4S. The van der Waals surface area contributed by atoms with E-state index in [2.05, 4.69) is 31.2 Å². The monoisotopic (exact) mass is 535 g/mol. The number of aryl methyl sites for hydroxylation is 1. The van der Waals surface area contributed by atoms with E-state index in [1.54, 1.807) is 43.3 Å². The Morgan fingerprint density at radius 1 is 1.14 bits per heavy atom. The van der Waals surface area contributed by atoms with Crippen LogP contribution >= 0.6 is 0 Å². The van der Waals surface area contributed by atoms with E-state index >= 15 is 0 Å². The zero-order valence-electron chi connectivity index (χ0n) is 19.8. The number of aromatic nitrogens is 2. The molecule has 2 aromatic carbocycles. The number of halogens is 1. The molecule has 0 aliphatic carbocycles. The molecule has 0 saturated carbocycles. The van der Waals surface area contributed by atoms with Crippen LogP contribution in [-0.2, 0) is 14.8 Å². The molecule has 0 aliphatic heterocycles. The first-order valence-corrected chi connectivity index (χ1v) is 12.6. The van der Waals surface area contributed by atoms with Crippen molar-refractivity contribution in [1.29, 1.82) is 0 Å². The van der Waals surface area contributed by atoms with Gasteiger partial charge in [-0.05, 0) is 55.3 Å². The molecule has 0 atom stereocenters. The average molecular weight is 536 g/mol. The Labute approximate surface area is 238 Å². The standard InChI is InChI=1S/C25H26FN5O4S.Na.H/c1-4-6-7-23(32)31-36(33,34)22-15-19(9-8-17(22)3)29-25-27-16-21(26)24(30-25)28-18-10-12-20(13-11-18)35-14-5-2;;/h2,8-13,15-16H,4,6-7,14H2,1,3H3,(H,31,32)(H2,27,28,29,30);;. The van der Waals surface area contributed by atoms with Gasteiger partial charge in [-0.15, -0.1) is 6.42 Å². The zero-order chi connectivity index (χ0) is 26.1. The normalized spacial score (nSPS) is 10.5. The summed E-state index contributed by atoms with van der Waals surface area (Å²) in [6.07, 6.45) is 7.63. The number of sulfonamides is 1. The summed E-state index contributed by atoms with van der Waals surface area (Å²) in [5.41, 5.74) is 1.34. The van der Waals surface area contributed by atoms with Gasteiger partial charge in [0.25, 0.3) is 10.0 Å². The molecular weight excluding hydrogens is 508 g/mol. The van der Waals surface area contributed by atoms with Gasteiger partial charge in [0.15, 0.2) is 11.6 Å². The number of benzene rings is 2. The van der Waals surface area contributed by atoms with Crippen LogP contribution in [0.15, 0.2) is 53.6 Å². The molecule has 3 rings (SSSR count). The van der Waals surface area contributed by atoms with Crippen LogP contribution in [0, 0.1) is 25.1 Å². The second-order valence-electron chi connectivity index (χ2n) is 7.77. The number of rotatable bonds is 11. The first-order valence-electron chi connectivity index (χ1n) is 11.1. The maximum atomic E-state index is 14.3. The third-order valence-corrected chi connectivity index (χ3v) is 6.44. The molecule has 1 heterocycles. The SMILES string of the molecule is C#CCOc1ccc(Nc2nc(Nc3ccc(C)c(S(=O)(=O)NC(=O)CCCC)c3)ncc2F)cc1.[NaH]. The number of nitrogens with one attached hydrogen (secondary N) is 3. The van der Waals surface area contributed by atoms with Crippen LogP contribution < -0.4 is 20.1 Å². The molecule has 190 valence electrons. The number of carbonyl (C=O) groups excluding carboxylic acids is 1. The Morgan fingerprint density at radius 3 is 2.51 bits per heavy atom. The van der Waals surface area contributed by atoms with E-state index in [4.69, 9.17) is 11.2 Å². The maximum absolute atomic E-state index is 14.3. The predicted octanol–water partition coefficient (Wildman–Crippen LogP) is 3.77. The number of amides is 1. The summed E-state index contributed by atoms with van der Waals surface area (Å²) in [5, 5.41) is 5.73. The Bertz CT molecular complexity index is 1380. The molecule has 37 heavy (non-hydrogen) atoms. The fourth-order valence-electron chi connectivity index (χ4n) is 3.10. The number of nitrogens with zero attached hydrogens (tertiary/aromatic N) is 2. The summed E-state index contributed by atoms with van der Waals surface area (Å²) in [5.74, 6) is 1.63. The van der Waals surface area contributed by atoms with Gasteiger partial charge in [0.1, 0.15) is 12.4 Å². The van der Waals surface area contributed by atoms with Crippen LogP contribution in [0.4, 0.5) is 27.5 Å². The molecule has 0 spiro atoms. The van der Waals surface area contributed by atoms with Crippen LogP contribution in [0.25, 0.3) is 0 Å². The molecule has 3 aromatic rings. The van der Waals surface area contributed by atoms with Gasteiger partial charge in [0.05, 0.1) is 11.1 Å².